The van der Waals surface area contributed by atoms with E-state index in [1.54, 1.807) is 18.5 Å². The molecule has 0 spiro atoms. The molecular weight excluding hydrogens is 318 g/mol. The van der Waals surface area contributed by atoms with Crippen molar-refractivity contribution in [3.8, 4) is 0 Å². The number of imidazole rings is 1. The smallest absolute Gasteiger partial charge is 0.243 e. The zero-order valence-corrected chi connectivity index (χ0v) is 14.8. The summed E-state index contributed by atoms with van der Waals surface area (Å²) in [4.78, 5) is 29.5. The van der Waals surface area contributed by atoms with E-state index in [1.165, 1.54) is 0 Å². The Labute approximate surface area is 147 Å². The second-order valence-corrected chi connectivity index (χ2v) is 6.18. The maximum atomic E-state index is 12.4. The summed E-state index contributed by atoms with van der Waals surface area (Å²) in [6.07, 6.45) is 7.11. The van der Waals surface area contributed by atoms with Crippen LogP contribution in [-0.4, -0.2) is 67.4 Å². The van der Waals surface area contributed by atoms with E-state index in [0.717, 1.165) is 45.1 Å². The van der Waals surface area contributed by atoms with Crippen molar-refractivity contribution in [3.05, 3.63) is 36.7 Å². The molecule has 25 heavy (non-hydrogen) atoms. The summed E-state index contributed by atoms with van der Waals surface area (Å²) in [6.45, 7) is 9.42. The van der Waals surface area contributed by atoms with Crippen LogP contribution >= 0.6 is 0 Å². The molecule has 1 N–H and O–H groups in total. The van der Waals surface area contributed by atoms with Crippen LogP contribution in [-0.2, 0) is 17.9 Å². The van der Waals surface area contributed by atoms with Gasteiger partial charge in [-0.2, -0.15) is 0 Å². The largest absolute Gasteiger partial charge is 0.334 e. The Morgan fingerprint density at radius 1 is 1.16 bits per heavy atom. The minimum absolute atomic E-state index is 0.0684. The third-order valence-corrected chi connectivity index (χ3v) is 4.64. The second kappa shape index (κ2) is 8.17. The number of piperazine rings is 1. The molecule has 1 aliphatic heterocycles. The molecule has 1 aliphatic rings. The van der Waals surface area contributed by atoms with E-state index in [4.69, 9.17) is 0 Å². The molecule has 1 amide bonds. The first kappa shape index (κ1) is 17.5. The first-order valence-electron chi connectivity index (χ1n) is 8.71. The standard InChI is InChI=1S/C17H25N7O/c1-3-23-8-7-18-15(23)13-22-9-11-24(12-10-22)14(2)16(25)21-17-19-5-4-6-20-17/h4-8,14H,3,9-13H2,1-2H3,(H,19,20,21,25)/t14-/m0/s1. The highest BCUT2D eigenvalue weighted by molar-refractivity contribution is 5.93. The number of aryl methyl sites for hydroxylation is 1. The molecule has 1 saturated heterocycles. The highest BCUT2D eigenvalue weighted by atomic mass is 16.2. The van der Waals surface area contributed by atoms with Gasteiger partial charge in [0.25, 0.3) is 0 Å². The number of rotatable bonds is 6. The Kier molecular flexibility index (Phi) is 5.72. The topological polar surface area (TPSA) is 79.2 Å². The lowest BCUT2D eigenvalue weighted by molar-refractivity contribution is -0.121. The van der Waals surface area contributed by atoms with E-state index in [9.17, 15) is 4.79 Å². The summed E-state index contributed by atoms with van der Waals surface area (Å²) in [5, 5.41) is 2.77. The monoisotopic (exact) mass is 343 g/mol. The molecule has 0 saturated carbocycles. The average Bonchev–Trinajstić information content (AvgIpc) is 3.09. The Morgan fingerprint density at radius 3 is 2.56 bits per heavy atom. The van der Waals surface area contributed by atoms with Crippen LogP contribution in [0.4, 0.5) is 5.95 Å². The van der Waals surface area contributed by atoms with Gasteiger partial charge in [-0.3, -0.25) is 19.9 Å². The van der Waals surface area contributed by atoms with Gasteiger partial charge < -0.3 is 4.57 Å². The summed E-state index contributed by atoms with van der Waals surface area (Å²) < 4.78 is 2.17. The van der Waals surface area contributed by atoms with Crippen molar-refractivity contribution in [2.75, 3.05) is 31.5 Å². The van der Waals surface area contributed by atoms with Gasteiger partial charge in [-0.05, 0) is 19.9 Å². The number of nitrogens with one attached hydrogen (secondary N) is 1. The Morgan fingerprint density at radius 2 is 1.88 bits per heavy atom. The summed E-state index contributed by atoms with van der Waals surface area (Å²) in [7, 11) is 0. The lowest BCUT2D eigenvalue weighted by atomic mass is 10.2. The SMILES string of the molecule is CCn1ccnc1CN1CCN([C@@H](C)C(=O)Nc2ncccn2)CC1. The fraction of sp³-hybridized carbons (Fsp3) is 0.529. The molecule has 2 aromatic heterocycles. The summed E-state index contributed by atoms with van der Waals surface area (Å²) in [5.74, 6) is 1.38. The molecule has 8 nitrogen and oxygen atoms in total. The van der Waals surface area contributed by atoms with Crippen molar-refractivity contribution in [3.63, 3.8) is 0 Å². The zero-order chi connectivity index (χ0) is 17.6. The van der Waals surface area contributed by atoms with Crippen LogP contribution in [0.15, 0.2) is 30.9 Å². The van der Waals surface area contributed by atoms with E-state index in [2.05, 4.69) is 41.6 Å². The van der Waals surface area contributed by atoms with E-state index >= 15 is 0 Å². The first-order chi connectivity index (χ1) is 12.2. The van der Waals surface area contributed by atoms with Gasteiger partial charge in [0.1, 0.15) is 5.82 Å². The van der Waals surface area contributed by atoms with Crippen molar-refractivity contribution in [1.29, 1.82) is 0 Å². The molecular formula is C17H25N7O. The van der Waals surface area contributed by atoms with Crippen molar-refractivity contribution in [2.24, 2.45) is 0 Å². The van der Waals surface area contributed by atoms with Crippen LogP contribution in [0.3, 0.4) is 0 Å². The lowest BCUT2D eigenvalue weighted by Crippen LogP contribution is -2.52. The molecule has 1 atom stereocenters. The number of amides is 1. The molecule has 134 valence electrons. The van der Waals surface area contributed by atoms with Crippen molar-refractivity contribution in [2.45, 2.75) is 33.0 Å². The van der Waals surface area contributed by atoms with Gasteiger partial charge in [0.15, 0.2) is 0 Å². The molecule has 0 aromatic carbocycles. The molecule has 1 fully saturated rings. The van der Waals surface area contributed by atoms with Crippen molar-refractivity contribution < 1.29 is 4.79 Å². The highest BCUT2D eigenvalue weighted by Gasteiger charge is 2.26. The predicted molar refractivity (Wildman–Crippen MR) is 94.9 cm³/mol. The van der Waals surface area contributed by atoms with Gasteiger partial charge in [-0.25, -0.2) is 15.0 Å². The third-order valence-electron chi connectivity index (χ3n) is 4.64. The molecule has 0 aliphatic carbocycles. The highest BCUT2D eigenvalue weighted by Crippen LogP contribution is 2.11. The maximum absolute atomic E-state index is 12.4. The summed E-state index contributed by atoms with van der Waals surface area (Å²) in [6, 6.07) is 1.52. The number of carbonyl (C=O) groups excluding carboxylic acids is 1. The van der Waals surface area contributed by atoms with Gasteiger partial charge in [0.05, 0.1) is 12.6 Å². The predicted octanol–water partition coefficient (Wildman–Crippen LogP) is 0.838. The summed E-state index contributed by atoms with van der Waals surface area (Å²) in [5.41, 5.74) is 0. The number of hydrogen-bond acceptors (Lipinski definition) is 6. The second-order valence-electron chi connectivity index (χ2n) is 6.18. The van der Waals surface area contributed by atoms with Crippen LogP contribution in [0.2, 0.25) is 0 Å². The van der Waals surface area contributed by atoms with Crippen molar-refractivity contribution >= 4 is 11.9 Å². The quantitative estimate of drug-likeness (QED) is 0.837. The fourth-order valence-corrected chi connectivity index (χ4v) is 3.03. The maximum Gasteiger partial charge on any atom is 0.243 e. The number of aromatic nitrogens is 4. The number of hydrogen-bond donors (Lipinski definition) is 1. The van der Waals surface area contributed by atoms with E-state index in [-0.39, 0.29) is 11.9 Å². The minimum atomic E-state index is -0.205. The van der Waals surface area contributed by atoms with Crippen LogP contribution < -0.4 is 5.32 Å². The normalized spacial score (nSPS) is 17.4. The number of anilines is 1. The molecule has 0 unspecified atom stereocenters. The van der Waals surface area contributed by atoms with Crippen LogP contribution in [0.25, 0.3) is 0 Å². The van der Waals surface area contributed by atoms with Gasteiger partial charge in [0.2, 0.25) is 11.9 Å². The van der Waals surface area contributed by atoms with E-state index in [1.807, 2.05) is 19.3 Å². The lowest BCUT2D eigenvalue weighted by Gasteiger charge is -2.37. The van der Waals surface area contributed by atoms with Gasteiger partial charge in [-0.15, -0.1) is 0 Å². The minimum Gasteiger partial charge on any atom is -0.334 e. The Hall–Kier alpha value is -2.32. The van der Waals surface area contributed by atoms with Crippen LogP contribution in [0.5, 0.6) is 0 Å². The average molecular weight is 343 g/mol. The molecule has 2 aromatic rings. The number of carbonyl (C=O) groups is 1. The van der Waals surface area contributed by atoms with Gasteiger partial charge in [-0.1, -0.05) is 0 Å². The van der Waals surface area contributed by atoms with E-state index in [0.29, 0.717) is 5.95 Å². The molecule has 3 rings (SSSR count). The van der Waals surface area contributed by atoms with Gasteiger partial charge in [0, 0.05) is 57.5 Å². The van der Waals surface area contributed by atoms with Gasteiger partial charge >= 0.3 is 0 Å². The molecule has 8 heteroatoms. The third kappa shape index (κ3) is 4.40. The number of nitrogens with zero attached hydrogens (tertiary/aromatic N) is 6. The van der Waals surface area contributed by atoms with Crippen LogP contribution in [0.1, 0.15) is 19.7 Å². The Bertz CT molecular complexity index is 679. The van der Waals surface area contributed by atoms with Crippen molar-refractivity contribution in [1.82, 2.24) is 29.3 Å². The van der Waals surface area contributed by atoms with Crippen LogP contribution in [0, 0.1) is 0 Å². The molecule has 0 radical (unpaired) electrons. The summed E-state index contributed by atoms with van der Waals surface area (Å²) >= 11 is 0. The Balaban J connectivity index is 1.49. The van der Waals surface area contributed by atoms with E-state index < -0.39 is 0 Å². The fourth-order valence-electron chi connectivity index (χ4n) is 3.03. The first-order valence-corrected chi connectivity index (χ1v) is 8.71. The molecule has 0 bridgehead atoms. The molecule has 3 heterocycles. The zero-order valence-electron chi connectivity index (χ0n) is 14.8.